The summed E-state index contributed by atoms with van der Waals surface area (Å²) in [7, 11) is -1.78. The first kappa shape index (κ1) is 29.4. The molecule has 0 saturated carbocycles. The van der Waals surface area contributed by atoms with E-state index in [4.69, 9.17) is 4.65 Å². The molecule has 1 unspecified atom stereocenters. The molecule has 0 aliphatic carbocycles. The highest BCUT2D eigenvalue weighted by atomic mass is 19.1. The van der Waals surface area contributed by atoms with Gasteiger partial charge in [0.2, 0.25) is 0 Å². The Hall–Kier alpha value is -4.60. The number of piperazine rings is 1. The van der Waals surface area contributed by atoms with Gasteiger partial charge in [-0.25, -0.2) is 18.4 Å². The maximum Gasteiger partial charge on any atom is 0.526 e. The predicted octanol–water partition coefficient (Wildman–Crippen LogP) is 1.04. The molecule has 4 rings (SSSR count). The highest BCUT2D eigenvalue weighted by molar-refractivity contribution is 6.47. The van der Waals surface area contributed by atoms with Crippen molar-refractivity contribution < 1.29 is 52.6 Å². The van der Waals surface area contributed by atoms with Crippen LogP contribution in [0.1, 0.15) is 47.9 Å². The first-order valence-corrected chi connectivity index (χ1v) is 12.5. The molecule has 16 heteroatoms. The second-order valence-corrected chi connectivity index (χ2v) is 9.67. The third-order valence-corrected chi connectivity index (χ3v) is 6.92. The number of carboxylic acids is 1. The maximum absolute atomic E-state index is 14.8. The molecule has 41 heavy (non-hydrogen) atoms. The van der Waals surface area contributed by atoms with E-state index in [2.05, 4.69) is 10.3 Å². The van der Waals surface area contributed by atoms with Crippen LogP contribution < -0.4 is 9.97 Å². The summed E-state index contributed by atoms with van der Waals surface area (Å²) in [5.41, 5.74) is -1.21. The van der Waals surface area contributed by atoms with Crippen molar-refractivity contribution in [2.75, 3.05) is 13.1 Å². The molecule has 0 spiro atoms. The molecule has 2 aliphatic heterocycles. The van der Waals surface area contributed by atoms with Crippen LogP contribution in [0, 0.1) is 11.6 Å². The van der Waals surface area contributed by atoms with Crippen LogP contribution in [-0.4, -0.2) is 85.9 Å². The van der Waals surface area contributed by atoms with E-state index in [9.17, 15) is 48.0 Å². The quantitative estimate of drug-likeness (QED) is 0.275. The number of carbonyl (C=O) groups excluding carboxylic acids is 4. The number of likely N-dealkylation sites (N-methyl/N-ethyl adjacent to an activating group) is 1. The lowest BCUT2D eigenvalue weighted by atomic mass is 9.64. The van der Waals surface area contributed by atoms with E-state index in [1.165, 1.54) is 17.9 Å². The van der Waals surface area contributed by atoms with Gasteiger partial charge in [-0.1, -0.05) is 6.07 Å². The third kappa shape index (κ3) is 5.68. The molecule has 0 bridgehead atoms. The smallest absolute Gasteiger partial charge is 0.526 e. The Morgan fingerprint density at radius 1 is 1.22 bits per heavy atom. The molecule has 13 nitrogen and oxygen atoms in total. The number of ketones is 1. The lowest BCUT2D eigenvalue weighted by Crippen LogP contribution is -2.62. The molecule has 1 saturated heterocycles. The van der Waals surface area contributed by atoms with Crippen LogP contribution in [0.15, 0.2) is 24.4 Å². The lowest BCUT2D eigenvalue weighted by Gasteiger charge is -2.37. The summed E-state index contributed by atoms with van der Waals surface area (Å²) in [6, 6.07) is -1.00. The summed E-state index contributed by atoms with van der Waals surface area (Å²) in [6.45, 7) is 3.42. The van der Waals surface area contributed by atoms with E-state index in [1.54, 1.807) is 6.92 Å². The maximum atomic E-state index is 14.8. The number of aromatic nitrogens is 1. The molecule has 2 aliphatic rings. The largest absolute Gasteiger partial charge is 0.535 e. The molecule has 2 aromatic rings. The zero-order valence-corrected chi connectivity index (χ0v) is 21.8. The molecular formula is C25H25BF2N4O9. The molecule has 1 aromatic heterocycles. The Bertz CT molecular complexity index is 1440. The monoisotopic (exact) mass is 574 g/mol. The van der Waals surface area contributed by atoms with Crippen LogP contribution in [0.2, 0.25) is 5.82 Å². The van der Waals surface area contributed by atoms with Gasteiger partial charge in [-0.05, 0) is 31.9 Å². The van der Waals surface area contributed by atoms with Crippen molar-refractivity contribution in [1.29, 1.82) is 0 Å². The van der Waals surface area contributed by atoms with Crippen LogP contribution in [0.5, 0.6) is 11.5 Å². The van der Waals surface area contributed by atoms with Gasteiger partial charge in [0.25, 0.3) is 0 Å². The summed E-state index contributed by atoms with van der Waals surface area (Å²) in [5.74, 6) is -8.86. The van der Waals surface area contributed by atoms with Crippen molar-refractivity contribution in [2.45, 2.75) is 44.6 Å². The van der Waals surface area contributed by atoms with E-state index >= 15 is 0 Å². The number of nitrogens with one attached hydrogen (secondary N) is 1. The number of aromatic carboxylic acids is 1. The number of carbonyl (C=O) groups is 5. The first-order valence-electron chi connectivity index (χ1n) is 12.5. The van der Waals surface area contributed by atoms with Gasteiger partial charge in [-0.15, -0.1) is 0 Å². The lowest BCUT2D eigenvalue weighted by molar-refractivity contribution is -0.155. The summed E-state index contributed by atoms with van der Waals surface area (Å²) < 4.78 is 34.2. The Morgan fingerprint density at radius 2 is 1.93 bits per heavy atom. The van der Waals surface area contributed by atoms with E-state index in [1.807, 2.05) is 0 Å². The van der Waals surface area contributed by atoms with Crippen molar-refractivity contribution in [3.05, 3.63) is 52.9 Å². The highest BCUT2D eigenvalue weighted by Gasteiger charge is 2.43. The number of carboxylic acid groups (broad SMARTS) is 1. The summed E-state index contributed by atoms with van der Waals surface area (Å²) in [6.07, 6.45) is 0.121. The van der Waals surface area contributed by atoms with Gasteiger partial charge in [0, 0.05) is 31.4 Å². The molecule has 1 aromatic carbocycles. The number of benzene rings is 1. The SMILES string of the molecule is CCN1C[C@H](C)N(C(=O)NC(C(=O)C[C@H]2Cc3ccc(F)c(C(=O)O)c3OB2O)c2ncc(O)cc2F)C(=O)C1=O. The summed E-state index contributed by atoms with van der Waals surface area (Å²) >= 11 is 0. The first-order chi connectivity index (χ1) is 19.3. The number of hydrogen-bond acceptors (Lipinski definition) is 9. The van der Waals surface area contributed by atoms with Crippen molar-refractivity contribution in [3.63, 3.8) is 0 Å². The number of urea groups is 1. The van der Waals surface area contributed by atoms with Crippen LogP contribution in [0.3, 0.4) is 0 Å². The van der Waals surface area contributed by atoms with Gasteiger partial charge in [0.1, 0.15) is 34.6 Å². The van der Waals surface area contributed by atoms with Crippen LogP contribution in [0.4, 0.5) is 13.6 Å². The summed E-state index contributed by atoms with van der Waals surface area (Å²) in [4.78, 5) is 68.8. The summed E-state index contributed by atoms with van der Waals surface area (Å²) in [5, 5.41) is 31.7. The normalized spacial score (nSPS) is 19.4. The molecule has 216 valence electrons. The van der Waals surface area contributed by atoms with Crippen LogP contribution >= 0.6 is 0 Å². The average Bonchev–Trinajstić information content (AvgIpc) is 2.90. The van der Waals surface area contributed by atoms with Crippen LogP contribution in [-0.2, 0) is 20.8 Å². The number of pyridine rings is 1. The topological polar surface area (TPSA) is 187 Å². The number of hydrogen-bond donors (Lipinski definition) is 4. The molecule has 0 radical (unpaired) electrons. The number of fused-ring (bicyclic) bond motifs is 1. The fourth-order valence-corrected chi connectivity index (χ4v) is 4.88. The van der Waals surface area contributed by atoms with E-state index < -0.39 is 95.4 Å². The van der Waals surface area contributed by atoms with E-state index in [0.717, 1.165) is 12.3 Å². The molecule has 3 heterocycles. The number of nitrogens with zero attached hydrogens (tertiary/aromatic N) is 3. The Kier molecular flexibility index (Phi) is 8.23. The van der Waals surface area contributed by atoms with Gasteiger partial charge in [-0.2, -0.15) is 0 Å². The Morgan fingerprint density at radius 3 is 2.56 bits per heavy atom. The number of aromatic hydroxyl groups is 1. The second kappa shape index (κ2) is 11.5. The number of amides is 4. The average molecular weight is 574 g/mol. The molecule has 4 amide bonds. The standard InChI is InChI=1S/C25H25BF2N4O9/c1-3-31-10-11(2)32(23(36)22(31)35)25(39)30-20(19-16(28)8-14(33)9-29-19)17(34)7-13-6-12-4-5-15(27)18(24(37)38)21(12)41-26(13)40/h4-5,8-9,11,13,20,33,40H,3,6-7,10H2,1-2H3,(H,30,39)(H,37,38)/t11-,13+,20?/m0/s1. The second-order valence-electron chi connectivity index (χ2n) is 9.67. The van der Waals surface area contributed by atoms with Gasteiger partial charge >= 0.3 is 30.9 Å². The minimum atomic E-state index is -1.83. The number of rotatable bonds is 7. The van der Waals surface area contributed by atoms with Gasteiger partial charge < -0.3 is 30.1 Å². The Labute approximate surface area is 231 Å². The number of imide groups is 1. The fraction of sp³-hybridized carbons (Fsp3) is 0.360. The zero-order valence-electron chi connectivity index (χ0n) is 21.8. The van der Waals surface area contributed by atoms with Gasteiger partial charge in [-0.3, -0.25) is 24.3 Å². The van der Waals surface area contributed by atoms with Crippen molar-refractivity contribution in [3.8, 4) is 11.5 Å². The Balaban J connectivity index is 1.61. The zero-order chi connectivity index (χ0) is 30.2. The molecule has 1 fully saturated rings. The number of halogens is 2. The van der Waals surface area contributed by atoms with Crippen molar-refractivity contribution >= 4 is 36.7 Å². The molecular weight excluding hydrogens is 549 g/mol. The minimum absolute atomic E-state index is 0.0306. The minimum Gasteiger partial charge on any atom is -0.535 e. The van der Waals surface area contributed by atoms with Gasteiger partial charge in [0.05, 0.1) is 12.2 Å². The van der Waals surface area contributed by atoms with E-state index in [0.29, 0.717) is 11.0 Å². The molecule has 3 atom stereocenters. The van der Waals surface area contributed by atoms with Crippen molar-refractivity contribution in [1.82, 2.24) is 20.1 Å². The fourth-order valence-electron chi connectivity index (χ4n) is 4.88. The predicted molar refractivity (Wildman–Crippen MR) is 135 cm³/mol. The van der Waals surface area contributed by atoms with Crippen molar-refractivity contribution in [2.24, 2.45) is 0 Å². The van der Waals surface area contributed by atoms with Gasteiger partial charge in [0.15, 0.2) is 11.6 Å². The molecule has 4 N–H and O–H groups in total. The highest BCUT2D eigenvalue weighted by Crippen LogP contribution is 2.38. The third-order valence-electron chi connectivity index (χ3n) is 6.92. The number of Topliss-reactive ketones (excluding diaryl/α,β-unsaturated/α-hetero) is 1. The van der Waals surface area contributed by atoms with E-state index in [-0.39, 0.29) is 25.1 Å². The van der Waals surface area contributed by atoms with Crippen LogP contribution in [0.25, 0.3) is 0 Å².